The van der Waals surface area contributed by atoms with Crippen molar-refractivity contribution in [1.29, 1.82) is 0 Å². The van der Waals surface area contributed by atoms with Gasteiger partial charge in [0, 0.05) is 42.2 Å². The monoisotopic (exact) mass is 536 g/mol. The number of anilines is 1. The van der Waals surface area contributed by atoms with E-state index in [1.807, 2.05) is 0 Å². The van der Waals surface area contributed by atoms with Crippen molar-refractivity contribution >= 4 is 32.7 Å². The molecule has 3 heterocycles. The number of hydrogen-bond donors (Lipinski definition) is 2. The summed E-state index contributed by atoms with van der Waals surface area (Å²) in [6, 6.07) is 8.90. The van der Waals surface area contributed by atoms with Crippen LogP contribution in [0, 0.1) is 11.6 Å². The van der Waals surface area contributed by atoms with Crippen LogP contribution in [0.1, 0.15) is 60.2 Å². The van der Waals surface area contributed by atoms with Crippen molar-refractivity contribution in [3.05, 3.63) is 77.2 Å². The summed E-state index contributed by atoms with van der Waals surface area (Å²) < 4.78 is 35.6. The van der Waals surface area contributed by atoms with Gasteiger partial charge in [0.2, 0.25) is 0 Å². The van der Waals surface area contributed by atoms with Crippen LogP contribution >= 0.6 is 11.3 Å². The van der Waals surface area contributed by atoms with Crippen molar-refractivity contribution in [2.24, 2.45) is 0 Å². The minimum atomic E-state index is -0.968. The lowest BCUT2D eigenvalue weighted by atomic mass is 9.95. The van der Waals surface area contributed by atoms with Gasteiger partial charge in [0.15, 0.2) is 5.13 Å². The first-order valence-electron chi connectivity index (χ1n) is 12.6. The highest BCUT2D eigenvalue weighted by atomic mass is 32.1. The fraction of sp³-hybridized carbons (Fsp3) is 0.321. The van der Waals surface area contributed by atoms with Crippen molar-refractivity contribution in [3.63, 3.8) is 0 Å². The minimum Gasteiger partial charge on any atom is -0.478 e. The molecule has 2 aromatic heterocycles. The molecule has 2 fully saturated rings. The third kappa shape index (κ3) is 4.48. The summed E-state index contributed by atoms with van der Waals surface area (Å²) >= 11 is 1.45. The summed E-state index contributed by atoms with van der Waals surface area (Å²) in [7, 11) is 0. The Morgan fingerprint density at radius 2 is 2.03 bits per heavy atom. The Morgan fingerprint density at radius 3 is 2.71 bits per heavy atom. The van der Waals surface area contributed by atoms with Gasteiger partial charge in [-0.25, -0.2) is 18.6 Å². The molecule has 2 atom stereocenters. The van der Waals surface area contributed by atoms with E-state index in [9.17, 15) is 18.7 Å². The number of carboxylic acids is 1. The van der Waals surface area contributed by atoms with Crippen LogP contribution in [0.15, 0.2) is 53.2 Å². The Bertz CT molecular complexity index is 1540. The molecule has 0 amide bonds. The van der Waals surface area contributed by atoms with Crippen molar-refractivity contribution in [2.75, 3.05) is 4.90 Å². The molecule has 196 valence electrons. The van der Waals surface area contributed by atoms with Crippen LogP contribution < -0.4 is 10.2 Å². The molecule has 0 bridgehead atoms. The van der Waals surface area contributed by atoms with Crippen molar-refractivity contribution < 1.29 is 23.2 Å². The molecule has 0 radical (unpaired) electrons. The maximum atomic E-state index is 14.6. The van der Waals surface area contributed by atoms with E-state index in [2.05, 4.69) is 28.9 Å². The molecule has 1 saturated carbocycles. The zero-order valence-corrected chi connectivity index (χ0v) is 21.5. The van der Waals surface area contributed by atoms with E-state index in [0.717, 1.165) is 40.3 Å². The molecule has 4 aromatic rings. The number of nitrogens with one attached hydrogen (secondary N) is 1. The van der Waals surface area contributed by atoms with Gasteiger partial charge in [-0.3, -0.25) is 0 Å². The number of halogens is 2. The summed E-state index contributed by atoms with van der Waals surface area (Å²) in [4.78, 5) is 18.2. The molecule has 2 aromatic carbocycles. The first kappa shape index (κ1) is 24.7. The Balaban J connectivity index is 1.20. The highest BCUT2D eigenvalue weighted by Gasteiger charge is 2.35. The molecule has 1 aliphatic carbocycles. The van der Waals surface area contributed by atoms with Gasteiger partial charge < -0.3 is 19.8 Å². The van der Waals surface area contributed by atoms with E-state index in [1.54, 1.807) is 18.2 Å². The number of thiazole rings is 1. The third-order valence-electron chi connectivity index (χ3n) is 7.25. The number of carbonyl (C=O) groups is 1. The van der Waals surface area contributed by atoms with Crippen molar-refractivity contribution in [2.45, 2.75) is 57.2 Å². The number of aromatic nitrogens is 2. The largest absolute Gasteiger partial charge is 0.478 e. The van der Waals surface area contributed by atoms with Crippen molar-refractivity contribution in [3.8, 4) is 11.3 Å². The normalized spacial score (nSPS) is 19.9. The Labute approximate surface area is 221 Å². The maximum Gasteiger partial charge on any atom is 0.335 e. The SMILES string of the molecule is C=C1CC(NCc2c(-c3c(F)cccc3F)noc2C2CC2)CC(C)N1c1nc2ccc(C(=O)O)cc2s1. The summed E-state index contributed by atoms with van der Waals surface area (Å²) in [5.41, 5.74) is 2.65. The van der Waals surface area contributed by atoms with E-state index in [0.29, 0.717) is 24.3 Å². The number of carboxylic acid groups (broad SMARTS) is 1. The average molecular weight is 537 g/mol. The van der Waals surface area contributed by atoms with Crippen LogP contribution in [0.2, 0.25) is 0 Å². The number of benzene rings is 2. The van der Waals surface area contributed by atoms with E-state index in [4.69, 9.17) is 9.51 Å². The molecule has 7 nitrogen and oxygen atoms in total. The van der Waals surface area contributed by atoms with Gasteiger partial charge in [-0.15, -0.1) is 0 Å². The first-order valence-corrected chi connectivity index (χ1v) is 13.4. The van der Waals surface area contributed by atoms with E-state index in [-0.39, 0.29) is 34.8 Å². The Morgan fingerprint density at radius 1 is 1.26 bits per heavy atom. The summed E-state index contributed by atoms with van der Waals surface area (Å²) in [6.45, 7) is 6.78. The van der Waals surface area contributed by atoms with Crippen LogP contribution in [0.3, 0.4) is 0 Å². The average Bonchev–Trinajstić information content (AvgIpc) is 3.49. The second-order valence-electron chi connectivity index (χ2n) is 10.0. The molecule has 10 heteroatoms. The number of hydrogen-bond acceptors (Lipinski definition) is 7. The Hall–Kier alpha value is -3.63. The van der Waals surface area contributed by atoms with Crippen molar-refractivity contribution in [1.82, 2.24) is 15.5 Å². The molecular formula is C28H26F2N4O3S. The van der Waals surface area contributed by atoms with E-state index in [1.165, 1.54) is 29.5 Å². The van der Waals surface area contributed by atoms with Gasteiger partial charge in [-0.05, 0) is 56.5 Å². The summed E-state index contributed by atoms with van der Waals surface area (Å²) in [5, 5.41) is 17.7. The zero-order valence-electron chi connectivity index (χ0n) is 20.7. The lowest BCUT2D eigenvalue weighted by molar-refractivity contribution is 0.0697. The quantitative estimate of drug-likeness (QED) is 0.280. The highest BCUT2D eigenvalue weighted by molar-refractivity contribution is 7.22. The Kier molecular flexibility index (Phi) is 6.23. The number of nitrogens with zero attached hydrogens (tertiary/aromatic N) is 3. The predicted octanol–water partition coefficient (Wildman–Crippen LogP) is 6.47. The van der Waals surface area contributed by atoms with Crippen LogP contribution in [0.5, 0.6) is 0 Å². The van der Waals surface area contributed by atoms with Gasteiger partial charge in [0.25, 0.3) is 0 Å². The number of piperidine rings is 1. The standard InChI is InChI=1S/C28H26F2N4O3S/c1-14-10-18(11-15(2)34(14)28-32-22-9-8-17(27(35)36)12-23(22)38-28)31-13-19-25(33-37-26(19)16-6-7-16)24-20(29)4-3-5-21(24)30/h3-5,8-9,12,15-16,18,31H,1,6-7,10-11,13H2,2H3,(H,35,36). The van der Waals surface area contributed by atoms with Gasteiger partial charge in [-0.1, -0.05) is 29.1 Å². The van der Waals surface area contributed by atoms with E-state index >= 15 is 0 Å². The smallest absolute Gasteiger partial charge is 0.335 e. The lowest BCUT2D eigenvalue weighted by Gasteiger charge is -2.39. The number of rotatable bonds is 7. The molecule has 2 N–H and O–H groups in total. The molecule has 1 aliphatic heterocycles. The molecule has 1 saturated heterocycles. The van der Waals surface area contributed by atoms with Gasteiger partial charge in [0.1, 0.15) is 23.1 Å². The fourth-order valence-corrected chi connectivity index (χ4v) is 6.40. The second kappa shape index (κ2) is 9.59. The summed E-state index contributed by atoms with van der Waals surface area (Å²) in [6.07, 6.45) is 3.41. The molecule has 2 aliphatic rings. The molecule has 2 unspecified atom stereocenters. The maximum absolute atomic E-state index is 14.6. The van der Waals surface area contributed by atoms with Crippen LogP contribution in [0.4, 0.5) is 13.9 Å². The second-order valence-corrected chi connectivity index (χ2v) is 11.0. The highest BCUT2D eigenvalue weighted by Crippen LogP contribution is 2.45. The number of fused-ring (bicyclic) bond motifs is 1. The zero-order chi connectivity index (χ0) is 26.6. The lowest BCUT2D eigenvalue weighted by Crippen LogP contribution is -2.45. The molecule has 6 rings (SSSR count). The topological polar surface area (TPSA) is 91.5 Å². The summed E-state index contributed by atoms with van der Waals surface area (Å²) in [5.74, 6) is -1.36. The first-order chi connectivity index (χ1) is 18.3. The van der Waals surface area contributed by atoms with Gasteiger partial charge in [-0.2, -0.15) is 0 Å². The predicted molar refractivity (Wildman–Crippen MR) is 141 cm³/mol. The minimum absolute atomic E-state index is 0.0852. The molecule has 38 heavy (non-hydrogen) atoms. The van der Waals surface area contributed by atoms with Crippen LogP contribution in [-0.4, -0.2) is 33.3 Å². The van der Waals surface area contributed by atoms with E-state index < -0.39 is 17.6 Å². The fourth-order valence-electron chi connectivity index (χ4n) is 5.25. The van der Waals surface area contributed by atoms with Gasteiger partial charge in [0.05, 0.1) is 21.3 Å². The third-order valence-corrected chi connectivity index (χ3v) is 8.27. The van der Waals surface area contributed by atoms with Crippen LogP contribution in [0.25, 0.3) is 21.5 Å². The number of aromatic carboxylic acids is 1. The molecular weight excluding hydrogens is 510 g/mol. The molecule has 0 spiro atoms. The van der Waals surface area contributed by atoms with Gasteiger partial charge >= 0.3 is 5.97 Å². The van der Waals surface area contributed by atoms with Crippen LogP contribution in [-0.2, 0) is 6.54 Å².